The zero-order chi connectivity index (χ0) is 20.6. The first kappa shape index (κ1) is 20.3. The van der Waals surface area contributed by atoms with Gasteiger partial charge in [0.05, 0.1) is 22.3 Å². The minimum absolute atomic E-state index is 0.0703. The van der Waals surface area contributed by atoms with E-state index in [2.05, 4.69) is 15.3 Å². The molecule has 0 spiro atoms. The van der Waals surface area contributed by atoms with Crippen molar-refractivity contribution >= 4 is 46.7 Å². The van der Waals surface area contributed by atoms with Crippen LogP contribution in [0, 0.1) is 5.41 Å². The van der Waals surface area contributed by atoms with E-state index in [1.165, 1.54) is 18.5 Å². The summed E-state index contributed by atoms with van der Waals surface area (Å²) in [7, 11) is 0. The number of thiophene rings is 1. The van der Waals surface area contributed by atoms with Crippen LogP contribution in [0.4, 0.5) is 3.89 Å². The lowest BCUT2D eigenvalue weighted by molar-refractivity contribution is 0.0701. The highest BCUT2D eigenvalue weighted by Gasteiger charge is 2.25. The van der Waals surface area contributed by atoms with Gasteiger partial charge in [0.25, 0.3) is 5.91 Å². The second-order valence-electron chi connectivity index (χ2n) is 7.40. The highest BCUT2D eigenvalue weighted by atomic mass is 32.2. The van der Waals surface area contributed by atoms with Crippen LogP contribution in [0.2, 0.25) is 0 Å². The number of halogens is 1. The van der Waals surface area contributed by atoms with Gasteiger partial charge in [-0.1, -0.05) is 20.8 Å². The van der Waals surface area contributed by atoms with E-state index >= 15 is 0 Å². The number of carboxylic acids is 1. The van der Waals surface area contributed by atoms with Crippen molar-refractivity contribution in [1.82, 2.24) is 19.3 Å². The third-order valence-electron chi connectivity index (χ3n) is 4.50. The minimum Gasteiger partial charge on any atom is -0.477 e. The number of amides is 1. The second-order valence-corrected chi connectivity index (χ2v) is 9.01. The van der Waals surface area contributed by atoms with Crippen molar-refractivity contribution in [2.75, 3.05) is 0 Å². The maximum Gasteiger partial charge on any atom is 0.345 e. The Morgan fingerprint density at radius 3 is 2.64 bits per heavy atom. The molecule has 1 atom stereocenters. The number of nitrogens with one attached hydrogen (secondary N) is 1. The third kappa shape index (κ3) is 3.88. The lowest BCUT2D eigenvalue weighted by Crippen LogP contribution is -2.41. The Morgan fingerprint density at radius 1 is 1.36 bits per heavy atom. The molecule has 0 radical (unpaired) electrons. The summed E-state index contributed by atoms with van der Waals surface area (Å²) in [4.78, 5) is 33.4. The second kappa shape index (κ2) is 7.51. The fraction of sp³-hybridized carbons (Fsp3) is 0.333. The maximum atomic E-state index is 13.3. The number of hydrogen-bond donors (Lipinski definition) is 2. The number of carbonyl (C=O) groups is 2. The third-order valence-corrected chi connectivity index (χ3v) is 6.02. The average molecular weight is 423 g/mol. The van der Waals surface area contributed by atoms with E-state index in [-0.39, 0.29) is 51.3 Å². The van der Waals surface area contributed by atoms with Gasteiger partial charge in [0.2, 0.25) is 0 Å². The summed E-state index contributed by atoms with van der Waals surface area (Å²) in [5.41, 5.74) is 0.959. The van der Waals surface area contributed by atoms with Gasteiger partial charge in [0.1, 0.15) is 10.4 Å². The summed E-state index contributed by atoms with van der Waals surface area (Å²) >= 11 is 0.985. The molecular weight excluding hydrogens is 403 g/mol. The normalized spacial score (nSPS) is 12.9. The molecule has 10 heteroatoms. The number of nitrogens with zero attached hydrogens (tertiary/aromatic N) is 3. The summed E-state index contributed by atoms with van der Waals surface area (Å²) < 4.78 is 14.5. The molecule has 0 aromatic carbocycles. The molecule has 3 heterocycles. The van der Waals surface area contributed by atoms with E-state index < -0.39 is 5.97 Å². The Labute approximate surface area is 169 Å². The molecule has 3 rings (SSSR count). The molecule has 0 bridgehead atoms. The first-order valence-electron chi connectivity index (χ1n) is 8.43. The molecule has 148 valence electrons. The number of carboxylic acid groups (broad SMARTS) is 1. The van der Waals surface area contributed by atoms with Gasteiger partial charge in [-0.25, -0.2) is 18.7 Å². The molecule has 28 heavy (non-hydrogen) atoms. The Balaban J connectivity index is 2.04. The van der Waals surface area contributed by atoms with Crippen LogP contribution in [0.5, 0.6) is 0 Å². The molecule has 7 nitrogen and oxygen atoms in total. The summed E-state index contributed by atoms with van der Waals surface area (Å²) in [6, 6.07) is 2.99. The number of carbonyl (C=O) groups excluding carboxylic acids is 1. The number of aromatic nitrogens is 3. The van der Waals surface area contributed by atoms with E-state index in [1.54, 1.807) is 6.07 Å². The van der Waals surface area contributed by atoms with E-state index in [9.17, 15) is 13.5 Å². The molecular formula is C18H19FN4O3S2. The van der Waals surface area contributed by atoms with Gasteiger partial charge in [0, 0.05) is 12.2 Å². The molecule has 0 aliphatic rings. The van der Waals surface area contributed by atoms with Crippen molar-refractivity contribution in [2.24, 2.45) is 5.41 Å². The smallest absolute Gasteiger partial charge is 0.345 e. The van der Waals surface area contributed by atoms with Crippen LogP contribution in [0.3, 0.4) is 0 Å². The van der Waals surface area contributed by atoms with Crippen LogP contribution in [0.15, 0.2) is 24.5 Å². The quantitative estimate of drug-likeness (QED) is 0.632. The van der Waals surface area contributed by atoms with Gasteiger partial charge in [-0.3, -0.25) is 4.79 Å². The van der Waals surface area contributed by atoms with Gasteiger partial charge in [-0.15, -0.1) is 15.2 Å². The van der Waals surface area contributed by atoms with Crippen LogP contribution >= 0.6 is 23.7 Å². The van der Waals surface area contributed by atoms with E-state index in [4.69, 9.17) is 5.11 Å². The zero-order valence-electron chi connectivity index (χ0n) is 15.7. The van der Waals surface area contributed by atoms with E-state index in [1.807, 2.05) is 27.7 Å². The van der Waals surface area contributed by atoms with E-state index in [0.29, 0.717) is 10.6 Å². The SMILES string of the molecule is CC(NC(=O)c1cn(SF)c2ncc(-c3ccc(C(=O)O)s3)nc12)C(C)(C)C. The van der Waals surface area contributed by atoms with Crippen molar-refractivity contribution < 1.29 is 18.6 Å². The van der Waals surface area contributed by atoms with Crippen LogP contribution in [0.25, 0.3) is 21.7 Å². The van der Waals surface area contributed by atoms with Crippen LogP contribution in [-0.2, 0) is 0 Å². The molecule has 1 unspecified atom stereocenters. The lowest BCUT2D eigenvalue weighted by atomic mass is 9.88. The van der Waals surface area contributed by atoms with Crippen LogP contribution in [0.1, 0.15) is 47.7 Å². The van der Waals surface area contributed by atoms with Crippen LogP contribution < -0.4 is 5.32 Å². The van der Waals surface area contributed by atoms with Gasteiger partial charge in [-0.2, -0.15) is 0 Å². The van der Waals surface area contributed by atoms with Crippen molar-refractivity contribution in [1.29, 1.82) is 0 Å². The number of fused-ring (bicyclic) bond motifs is 1. The largest absolute Gasteiger partial charge is 0.477 e. The zero-order valence-corrected chi connectivity index (χ0v) is 17.3. The number of aromatic carboxylic acids is 1. The molecule has 2 N–H and O–H groups in total. The number of rotatable bonds is 5. The van der Waals surface area contributed by atoms with E-state index in [0.717, 1.165) is 15.3 Å². The average Bonchev–Trinajstić information content (AvgIpc) is 3.25. The summed E-state index contributed by atoms with van der Waals surface area (Å²) in [6.45, 7) is 7.92. The van der Waals surface area contributed by atoms with Gasteiger partial charge >= 0.3 is 5.97 Å². The molecule has 1 amide bonds. The fourth-order valence-electron chi connectivity index (χ4n) is 2.38. The standard InChI is InChI=1S/C18H19FN4O3S2/c1-9(18(2,3)4)21-16(24)10-8-23(28-19)15-14(10)22-11(7-20-15)12-5-6-13(27-12)17(25)26/h5-9H,1-4H3,(H,21,24)(H,25,26). The summed E-state index contributed by atoms with van der Waals surface area (Å²) in [6.07, 6.45) is 2.80. The fourth-order valence-corrected chi connectivity index (χ4v) is 3.53. The van der Waals surface area contributed by atoms with Crippen molar-refractivity contribution in [3.63, 3.8) is 0 Å². The van der Waals surface area contributed by atoms with Gasteiger partial charge < -0.3 is 10.4 Å². The summed E-state index contributed by atoms with van der Waals surface area (Å²) in [5.74, 6) is -1.40. The molecule has 0 saturated carbocycles. The molecule has 3 aromatic rings. The highest BCUT2D eigenvalue weighted by Crippen LogP contribution is 2.30. The lowest BCUT2D eigenvalue weighted by Gasteiger charge is -2.27. The van der Waals surface area contributed by atoms with Gasteiger partial charge in [-0.05, 0) is 24.5 Å². The Kier molecular flexibility index (Phi) is 5.44. The minimum atomic E-state index is -1.03. The molecule has 0 saturated heterocycles. The molecule has 0 aliphatic heterocycles. The van der Waals surface area contributed by atoms with Crippen molar-refractivity contribution in [3.8, 4) is 10.6 Å². The predicted molar refractivity (Wildman–Crippen MR) is 108 cm³/mol. The molecule has 3 aromatic heterocycles. The maximum absolute atomic E-state index is 13.3. The predicted octanol–water partition coefficient (Wildman–Crippen LogP) is 4.40. The number of hydrogen-bond acceptors (Lipinski definition) is 6. The highest BCUT2D eigenvalue weighted by molar-refractivity contribution is 7.92. The van der Waals surface area contributed by atoms with Crippen molar-refractivity contribution in [3.05, 3.63) is 35.0 Å². The first-order chi connectivity index (χ1) is 13.1. The Hall–Kier alpha value is -2.46. The van der Waals surface area contributed by atoms with Crippen LogP contribution in [-0.4, -0.2) is 37.0 Å². The van der Waals surface area contributed by atoms with Gasteiger partial charge in [0.15, 0.2) is 18.0 Å². The first-order valence-corrected chi connectivity index (χ1v) is 9.92. The molecule has 0 aliphatic carbocycles. The summed E-state index contributed by atoms with van der Waals surface area (Å²) in [5, 5.41) is 12.0. The Morgan fingerprint density at radius 2 is 2.07 bits per heavy atom. The van der Waals surface area contributed by atoms with Crippen molar-refractivity contribution in [2.45, 2.75) is 33.7 Å². The molecule has 0 fully saturated rings. The topological polar surface area (TPSA) is 97.1 Å². The Bertz CT molecular complexity index is 1050. The monoisotopic (exact) mass is 422 g/mol.